The molecule has 2 aliphatic heterocycles. The number of amides is 2. The standard InChI is InChI=1S/C17H19NO3.C15H17NO4/c19-15-4-3-11-7-12(1-2-13(11)8-15)14-5-6-17(9-14)10-21-16(20)18-17;17-13(18)7-10-1-3-11(4-2-10)12-5-6-15(8-12)9-20-14(19)16-15/h1-2,7,14H,3-6,8-10H2,(H,18,20);1-4,12H,5-9H2,(H,16,19)(H,17,18)/t14-,17+;12-,15+/m00/s1. The molecule has 9 heteroatoms. The predicted octanol–water partition coefficient (Wildman–Crippen LogP) is 4.55. The number of aliphatic carboxylic acids is 1. The molecule has 2 heterocycles. The molecular formula is C32H36N2O7. The lowest BCUT2D eigenvalue weighted by molar-refractivity contribution is -0.136. The molecule has 2 amide bonds. The van der Waals surface area contributed by atoms with E-state index in [-0.39, 0.29) is 29.7 Å². The van der Waals surface area contributed by atoms with E-state index in [1.165, 1.54) is 22.3 Å². The van der Waals surface area contributed by atoms with Gasteiger partial charge in [0.25, 0.3) is 0 Å². The molecule has 7 rings (SSSR count). The number of ether oxygens (including phenoxy) is 2. The average Bonchev–Trinajstić information content (AvgIpc) is 3.73. The van der Waals surface area contributed by atoms with Crippen molar-refractivity contribution in [2.45, 2.75) is 87.1 Å². The first-order valence-electron chi connectivity index (χ1n) is 14.5. The second-order valence-corrected chi connectivity index (χ2v) is 12.4. The molecule has 41 heavy (non-hydrogen) atoms. The maximum absolute atomic E-state index is 11.5. The number of nitrogens with one attached hydrogen (secondary N) is 2. The number of benzene rings is 2. The van der Waals surface area contributed by atoms with Gasteiger partial charge in [0.15, 0.2) is 0 Å². The van der Waals surface area contributed by atoms with Gasteiger partial charge in [-0.2, -0.15) is 0 Å². The third kappa shape index (κ3) is 5.94. The van der Waals surface area contributed by atoms with E-state index >= 15 is 0 Å². The van der Waals surface area contributed by atoms with Gasteiger partial charge < -0.3 is 25.2 Å². The number of hydrogen-bond acceptors (Lipinski definition) is 6. The molecule has 5 aliphatic rings. The third-order valence-corrected chi connectivity index (χ3v) is 9.48. The van der Waals surface area contributed by atoms with Crippen molar-refractivity contribution in [1.82, 2.24) is 10.6 Å². The molecule has 216 valence electrons. The van der Waals surface area contributed by atoms with E-state index in [1.54, 1.807) is 0 Å². The number of fused-ring (bicyclic) bond motifs is 1. The predicted molar refractivity (Wildman–Crippen MR) is 149 cm³/mol. The van der Waals surface area contributed by atoms with E-state index in [0.29, 0.717) is 43.7 Å². The normalized spacial score (nSPS) is 29.8. The van der Waals surface area contributed by atoms with E-state index in [2.05, 4.69) is 28.8 Å². The zero-order valence-electron chi connectivity index (χ0n) is 23.1. The van der Waals surface area contributed by atoms with E-state index in [4.69, 9.17) is 14.6 Å². The number of carbonyl (C=O) groups is 4. The molecule has 2 saturated heterocycles. The van der Waals surface area contributed by atoms with Crippen molar-refractivity contribution < 1.29 is 33.8 Å². The molecule has 3 aliphatic carbocycles. The Hall–Kier alpha value is -3.88. The van der Waals surface area contributed by atoms with Crippen molar-refractivity contribution >= 4 is 23.9 Å². The molecule has 2 aromatic rings. The maximum Gasteiger partial charge on any atom is 0.407 e. The first kappa shape index (κ1) is 27.3. The molecule has 3 N–H and O–H groups in total. The number of rotatable bonds is 4. The zero-order chi connectivity index (χ0) is 28.6. The summed E-state index contributed by atoms with van der Waals surface area (Å²) in [5.41, 5.74) is 5.56. The summed E-state index contributed by atoms with van der Waals surface area (Å²) in [6.45, 7) is 0.960. The lowest BCUT2D eigenvalue weighted by atomic mass is 9.86. The Morgan fingerprint density at radius 1 is 0.805 bits per heavy atom. The lowest BCUT2D eigenvalue weighted by Gasteiger charge is -2.21. The van der Waals surface area contributed by atoms with Crippen LogP contribution >= 0.6 is 0 Å². The lowest BCUT2D eigenvalue weighted by Crippen LogP contribution is -2.40. The molecular weight excluding hydrogens is 524 g/mol. The van der Waals surface area contributed by atoms with Gasteiger partial charge in [-0.1, -0.05) is 42.5 Å². The van der Waals surface area contributed by atoms with Crippen molar-refractivity contribution in [3.8, 4) is 0 Å². The van der Waals surface area contributed by atoms with Gasteiger partial charge in [0, 0.05) is 12.8 Å². The Morgan fingerprint density at radius 3 is 1.95 bits per heavy atom. The van der Waals surface area contributed by atoms with Crippen molar-refractivity contribution in [2.24, 2.45) is 0 Å². The summed E-state index contributed by atoms with van der Waals surface area (Å²) in [5, 5.41) is 14.7. The van der Waals surface area contributed by atoms with Crippen LogP contribution in [0.4, 0.5) is 9.59 Å². The smallest absolute Gasteiger partial charge is 0.407 e. The molecule has 0 bridgehead atoms. The number of aryl methyl sites for hydroxylation is 1. The maximum atomic E-state index is 11.5. The topological polar surface area (TPSA) is 131 Å². The average molecular weight is 561 g/mol. The summed E-state index contributed by atoms with van der Waals surface area (Å²) in [6, 6.07) is 14.3. The van der Waals surface area contributed by atoms with E-state index < -0.39 is 5.97 Å². The fourth-order valence-electron chi connectivity index (χ4n) is 7.26. The van der Waals surface area contributed by atoms with Gasteiger partial charge in [-0.25, -0.2) is 9.59 Å². The van der Waals surface area contributed by atoms with Gasteiger partial charge in [-0.05, 0) is 84.6 Å². The van der Waals surface area contributed by atoms with Gasteiger partial charge in [0.2, 0.25) is 0 Å². The van der Waals surface area contributed by atoms with Crippen LogP contribution in [-0.4, -0.2) is 53.3 Å². The molecule has 2 saturated carbocycles. The van der Waals surface area contributed by atoms with Crippen molar-refractivity contribution in [1.29, 1.82) is 0 Å². The second-order valence-electron chi connectivity index (χ2n) is 12.4. The van der Waals surface area contributed by atoms with Crippen molar-refractivity contribution in [2.75, 3.05) is 13.2 Å². The van der Waals surface area contributed by atoms with Crippen LogP contribution in [0.15, 0.2) is 42.5 Å². The van der Waals surface area contributed by atoms with Crippen LogP contribution in [0, 0.1) is 0 Å². The van der Waals surface area contributed by atoms with Crippen molar-refractivity contribution in [3.05, 3.63) is 70.3 Å². The minimum atomic E-state index is -0.816. The monoisotopic (exact) mass is 560 g/mol. The van der Waals surface area contributed by atoms with E-state index in [0.717, 1.165) is 50.5 Å². The highest BCUT2D eigenvalue weighted by Crippen LogP contribution is 2.44. The summed E-state index contributed by atoms with van der Waals surface area (Å²) >= 11 is 0. The van der Waals surface area contributed by atoms with Gasteiger partial charge >= 0.3 is 18.2 Å². The molecule has 4 fully saturated rings. The number of hydrogen-bond donors (Lipinski definition) is 3. The van der Waals surface area contributed by atoms with Crippen molar-refractivity contribution in [3.63, 3.8) is 0 Å². The quantitative estimate of drug-likeness (QED) is 0.500. The third-order valence-electron chi connectivity index (χ3n) is 9.48. The Bertz CT molecular complexity index is 1370. The van der Waals surface area contributed by atoms with Gasteiger partial charge in [0.1, 0.15) is 19.0 Å². The fraction of sp³-hybridized carbons (Fsp3) is 0.500. The van der Waals surface area contributed by atoms with Crippen LogP contribution in [0.25, 0.3) is 0 Å². The molecule has 2 aromatic carbocycles. The highest BCUT2D eigenvalue weighted by molar-refractivity contribution is 5.83. The number of alkyl carbamates (subject to hydrolysis) is 2. The number of ketones is 1. The highest BCUT2D eigenvalue weighted by Gasteiger charge is 2.47. The van der Waals surface area contributed by atoms with Crippen LogP contribution in [0.3, 0.4) is 0 Å². The molecule has 4 atom stereocenters. The first-order chi connectivity index (χ1) is 19.7. The second kappa shape index (κ2) is 10.8. The van der Waals surface area contributed by atoms with Crippen LogP contribution in [0.2, 0.25) is 0 Å². The molecule has 0 aromatic heterocycles. The van der Waals surface area contributed by atoms with E-state index in [9.17, 15) is 19.2 Å². The number of carboxylic acids is 1. The summed E-state index contributed by atoms with van der Waals surface area (Å²) in [6.07, 6.45) is 7.46. The number of Topliss-reactive ketones (excluding diaryl/α,β-unsaturated/α-hetero) is 1. The van der Waals surface area contributed by atoms with Crippen LogP contribution < -0.4 is 10.6 Å². The largest absolute Gasteiger partial charge is 0.481 e. The van der Waals surface area contributed by atoms with Gasteiger partial charge in [0.05, 0.1) is 17.5 Å². The molecule has 0 unspecified atom stereocenters. The van der Waals surface area contributed by atoms with Crippen LogP contribution in [0.5, 0.6) is 0 Å². The number of carbonyl (C=O) groups excluding carboxylic acids is 3. The highest BCUT2D eigenvalue weighted by atomic mass is 16.6. The summed E-state index contributed by atoms with van der Waals surface area (Å²) in [5.74, 6) is 0.412. The Kier molecular flexibility index (Phi) is 7.21. The Labute approximate surface area is 239 Å². The fourth-order valence-corrected chi connectivity index (χ4v) is 7.26. The first-order valence-corrected chi connectivity index (χ1v) is 14.5. The zero-order valence-corrected chi connectivity index (χ0v) is 23.1. The Morgan fingerprint density at radius 2 is 1.39 bits per heavy atom. The SMILES string of the molecule is O=C(O)Cc1ccc([C@H]2CC[C@]3(COC(=O)N3)C2)cc1.O=C1CCc2cc([C@H]3CC[C@]4(COC(=O)N4)C3)ccc2C1. The molecule has 2 spiro atoms. The summed E-state index contributed by atoms with van der Waals surface area (Å²) in [7, 11) is 0. The van der Waals surface area contributed by atoms with Gasteiger partial charge in [-0.15, -0.1) is 0 Å². The molecule has 9 nitrogen and oxygen atoms in total. The number of carboxylic acid groups (broad SMARTS) is 1. The van der Waals surface area contributed by atoms with Crippen LogP contribution in [0.1, 0.15) is 84.6 Å². The number of cyclic esters (lactones) is 2. The summed E-state index contributed by atoms with van der Waals surface area (Å²) < 4.78 is 10.1. The summed E-state index contributed by atoms with van der Waals surface area (Å²) in [4.78, 5) is 44.7. The minimum Gasteiger partial charge on any atom is -0.481 e. The minimum absolute atomic E-state index is 0.0543. The van der Waals surface area contributed by atoms with E-state index in [1.807, 2.05) is 24.3 Å². The molecule has 0 radical (unpaired) electrons. The Balaban J connectivity index is 0.000000148. The van der Waals surface area contributed by atoms with Gasteiger partial charge in [-0.3, -0.25) is 9.59 Å². The van der Waals surface area contributed by atoms with Crippen LogP contribution in [-0.2, 0) is 38.3 Å².